The smallest absolute Gasteiger partial charge is 0.120 e. The minimum absolute atomic E-state index is 0.211. The van der Waals surface area contributed by atoms with Crippen LogP contribution in [0.15, 0.2) is 42.5 Å². The maximum Gasteiger partial charge on any atom is 0.120 e. The van der Waals surface area contributed by atoms with Crippen molar-refractivity contribution in [3.63, 3.8) is 0 Å². The molecule has 1 aromatic carbocycles. The van der Waals surface area contributed by atoms with Crippen LogP contribution in [-0.2, 0) is 4.79 Å². The van der Waals surface area contributed by atoms with Gasteiger partial charge in [0.15, 0.2) is 0 Å². The van der Waals surface area contributed by atoms with Crippen molar-refractivity contribution in [1.29, 1.82) is 0 Å². The average molecular weight is 230 g/mol. The van der Waals surface area contributed by atoms with E-state index < -0.39 is 0 Å². The number of allylic oxidation sites excluding steroid dienone is 2. The van der Waals surface area contributed by atoms with Gasteiger partial charge in [-0.05, 0) is 23.3 Å². The molecule has 92 valence electrons. The molecule has 17 heavy (non-hydrogen) atoms. The number of hydrogen-bond acceptors (Lipinski definition) is 1. The van der Waals surface area contributed by atoms with E-state index in [9.17, 15) is 4.79 Å². The second kappa shape index (κ2) is 6.39. The van der Waals surface area contributed by atoms with E-state index >= 15 is 0 Å². The van der Waals surface area contributed by atoms with Gasteiger partial charge in [-0.3, -0.25) is 0 Å². The van der Waals surface area contributed by atoms with Crippen molar-refractivity contribution in [1.82, 2.24) is 0 Å². The van der Waals surface area contributed by atoms with Crippen LogP contribution in [0.5, 0.6) is 0 Å². The molecule has 0 amide bonds. The molecular formula is C16H22O. The molecule has 1 nitrogen and oxygen atoms in total. The minimum Gasteiger partial charge on any atom is -0.303 e. The van der Waals surface area contributed by atoms with Crippen molar-refractivity contribution in [3.05, 3.63) is 48.0 Å². The van der Waals surface area contributed by atoms with Gasteiger partial charge in [0.1, 0.15) is 6.29 Å². The molecule has 1 atom stereocenters. The summed E-state index contributed by atoms with van der Waals surface area (Å²) in [5.74, 6) is 0.312. The summed E-state index contributed by atoms with van der Waals surface area (Å²) < 4.78 is 0. The van der Waals surface area contributed by atoms with Gasteiger partial charge in [0, 0.05) is 6.42 Å². The monoisotopic (exact) mass is 230 g/mol. The van der Waals surface area contributed by atoms with E-state index in [2.05, 4.69) is 45.1 Å². The zero-order chi connectivity index (χ0) is 12.7. The van der Waals surface area contributed by atoms with E-state index in [1.54, 1.807) is 0 Å². The number of aldehydes is 1. The van der Waals surface area contributed by atoms with Crippen LogP contribution >= 0.6 is 0 Å². The number of hydrogen-bond donors (Lipinski definition) is 0. The van der Waals surface area contributed by atoms with Crippen LogP contribution in [0.4, 0.5) is 0 Å². The normalized spacial score (nSPS) is 13.8. The van der Waals surface area contributed by atoms with Crippen molar-refractivity contribution in [2.45, 2.75) is 39.5 Å². The lowest BCUT2D eigenvalue weighted by Gasteiger charge is -2.15. The summed E-state index contributed by atoms with van der Waals surface area (Å²) in [6.07, 6.45) is 6.95. The van der Waals surface area contributed by atoms with Crippen LogP contribution in [-0.4, -0.2) is 6.29 Å². The maximum atomic E-state index is 10.7. The highest BCUT2D eigenvalue weighted by atomic mass is 16.1. The Bertz CT molecular complexity index is 357. The lowest BCUT2D eigenvalue weighted by atomic mass is 9.90. The Morgan fingerprint density at radius 1 is 1.12 bits per heavy atom. The first-order valence-electron chi connectivity index (χ1n) is 6.19. The Morgan fingerprint density at radius 2 is 1.76 bits per heavy atom. The summed E-state index contributed by atoms with van der Waals surface area (Å²) in [7, 11) is 0. The lowest BCUT2D eigenvalue weighted by Crippen LogP contribution is -2.01. The Labute approximate surface area is 105 Å². The fourth-order valence-electron chi connectivity index (χ4n) is 1.80. The van der Waals surface area contributed by atoms with Gasteiger partial charge in [-0.1, -0.05) is 63.3 Å². The zero-order valence-electron chi connectivity index (χ0n) is 11.0. The van der Waals surface area contributed by atoms with Gasteiger partial charge in [0.25, 0.3) is 0 Å². The second-order valence-electron chi connectivity index (χ2n) is 5.51. The summed E-state index contributed by atoms with van der Waals surface area (Å²) in [6.45, 7) is 6.54. The third-order valence-corrected chi connectivity index (χ3v) is 2.69. The molecule has 1 rings (SSSR count). The van der Waals surface area contributed by atoms with Gasteiger partial charge < -0.3 is 4.79 Å². The third kappa shape index (κ3) is 5.48. The zero-order valence-corrected chi connectivity index (χ0v) is 11.0. The molecule has 0 aromatic heterocycles. The van der Waals surface area contributed by atoms with E-state index in [1.165, 1.54) is 5.56 Å². The number of rotatable bonds is 5. The maximum absolute atomic E-state index is 10.7. The van der Waals surface area contributed by atoms with Gasteiger partial charge >= 0.3 is 0 Å². The Hall–Kier alpha value is -1.37. The molecule has 1 aromatic rings. The largest absolute Gasteiger partial charge is 0.303 e. The molecule has 1 heteroatoms. The molecule has 0 fully saturated rings. The Balaban J connectivity index is 2.68. The number of benzene rings is 1. The second-order valence-corrected chi connectivity index (χ2v) is 5.51. The van der Waals surface area contributed by atoms with Crippen LogP contribution in [0.1, 0.15) is 45.1 Å². The van der Waals surface area contributed by atoms with E-state index in [0.29, 0.717) is 12.3 Å². The molecule has 0 radical (unpaired) electrons. The molecule has 0 unspecified atom stereocenters. The fraction of sp³-hybridized carbons (Fsp3) is 0.438. The summed E-state index contributed by atoms with van der Waals surface area (Å²) in [5, 5.41) is 0. The van der Waals surface area contributed by atoms with Crippen molar-refractivity contribution < 1.29 is 4.79 Å². The summed E-state index contributed by atoms with van der Waals surface area (Å²) in [6, 6.07) is 10.3. The predicted octanol–water partition coefficient (Wildman–Crippen LogP) is 4.35. The first kappa shape index (κ1) is 13.7. The predicted molar refractivity (Wildman–Crippen MR) is 73.1 cm³/mol. The van der Waals surface area contributed by atoms with Crippen molar-refractivity contribution >= 4 is 6.29 Å². The average Bonchev–Trinajstić information content (AvgIpc) is 2.27. The van der Waals surface area contributed by atoms with Gasteiger partial charge in [-0.25, -0.2) is 0 Å². The third-order valence-electron chi connectivity index (χ3n) is 2.69. The lowest BCUT2D eigenvalue weighted by molar-refractivity contribution is -0.108. The van der Waals surface area contributed by atoms with Gasteiger partial charge in [0.05, 0.1) is 0 Å². The molecule has 0 heterocycles. The number of carbonyl (C=O) groups excluding carboxylic acids is 1. The highest BCUT2D eigenvalue weighted by molar-refractivity contribution is 5.51. The first-order valence-corrected chi connectivity index (χ1v) is 6.19. The molecule has 0 saturated carbocycles. The van der Waals surface area contributed by atoms with Crippen LogP contribution in [0.3, 0.4) is 0 Å². The van der Waals surface area contributed by atoms with Crippen molar-refractivity contribution in [2.24, 2.45) is 5.41 Å². The van der Waals surface area contributed by atoms with E-state index in [0.717, 1.165) is 12.7 Å². The highest BCUT2D eigenvalue weighted by Crippen LogP contribution is 2.24. The highest BCUT2D eigenvalue weighted by Gasteiger charge is 2.10. The van der Waals surface area contributed by atoms with Gasteiger partial charge in [-0.15, -0.1) is 0 Å². The molecule has 0 aliphatic heterocycles. The number of carbonyl (C=O) groups is 1. The Morgan fingerprint density at radius 3 is 2.29 bits per heavy atom. The van der Waals surface area contributed by atoms with E-state index in [1.807, 2.05) is 18.2 Å². The molecular weight excluding hydrogens is 208 g/mol. The standard InChI is InChI=1S/C16H22O/c1-16(2,3)12-7-10-15(11-13-17)14-8-5-4-6-9-14/h4-9,12-13,15H,10-11H2,1-3H3/b12-7+/t15-/m1/s1. The molecule has 0 bridgehead atoms. The van der Waals surface area contributed by atoms with Crippen LogP contribution < -0.4 is 0 Å². The summed E-state index contributed by atoms with van der Waals surface area (Å²) >= 11 is 0. The quantitative estimate of drug-likeness (QED) is 0.543. The minimum atomic E-state index is 0.211. The molecule has 0 saturated heterocycles. The fourth-order valence-corrected chi connectivity index (χ4v) is 1.80. The SMILES string of the molecule is CC(C)(C)/C=C/C[C@H](CC=O)c1ccccc1. The summed E-state index contributed by atoms with van der Waals surface area (Å²) in [4.78, 5) is 10.7. The molecule has 0 spiro atoms. The topological polar surface area (TPSA) is 17.1 Å². The Kier molecular flexibility index (Phi) is 5.14. The van der Waals surface area contributed by atoms with Gasteiger partial charge in [-0.2, -0.15) is 0 Å². The molecule has 0 aliphatic rings. The van der Waals surface area contributed by atoms with E-state index in [-0.39, 0.29) is 5.41 Å². The van der Waals surface area contributed by atoms with E-state index in [4.69, 9.17) is 0 Å². The molecule has 0 N–H and O–H groups in total. The van der Waals surface area contributed by atoms with Crippen LogP contribution in [0.25, 0.3) is 0 Å². The van der Waals surface area contributed by atoms with Crippen LogP contribution in [0, 0.1) is 5.41 Å². The first-order chi connectivity index (χ1) is 8.03. The van der Waals surface area contributed by atoms with Gasteiger partial charge in [0.2, 0.25) is 0 Å². The summed E-state index contributed by atoms with van der Waals surface area (Å²) in [5.41, 5.74) is 1.46. The van der Waals surface area contributed by atoms with Crippen molar-refractivity contribution in [3.8, 4) is 0 Å². The van der Waals surface area contributed by atoms with Crippen LogP contribution in [0.2, 0.25) is 0 Å². The van der Waals surface area contributed by atoms with Crippen molar-refractivity contribution in [2.75, 3.05) is 0 Å². The molecule has 0 aliphatic carbocycles.